The number of esters is 1. The molecule has 0 radical (unpaired) electrons. The first-order valence-electron chi connectivity index (χ1n) is 6.41. The normalized spacial score (nSPS) is 10.1. The molecule has 0 aliphatic rings. The molecule has 0 bridgehead atoms. The van der Waals surface area contributed by atoms with Crippen LogP contribution in [0, 0.1) is 6.92 Å². The van der Waals surface area contributed by atoms with Crippen molar-refractivity contribution in [2.24, 2.45) is 0 Å². The summed E-state index contributed by atoms with van der Waals surface area (Å²) in [4.78, 5) is 21.5. The first-order chi connectivity index (χ1) is 9.10. The van der Waals surface area contributed by atoms with Crippen LogP contribution in [0.2, 0.25) is 0 Å². The average molecular weight is 267 g/mol. The van der Waals surface area contributed by atoms with E-state index in [1.165, 1.54) is 6.33 Å². The van der Waals surface area contributed by atoms with Gasteiger partial charge in [0, 0.05) is 13.6 Å². The van der Waals surface area contributed by atoms with E-state index < -0.39 is 0 Å². The smallest absolute Gasteiger partial charge is 0.307 e. The number of hydrogen-bond donors (Lipinski definition) is 0. The van der Waals surface area contributed by atoms with E-state index in [2.05, 4.69) is 9.97 Å². The van der Waals surface area contributed by atoms with Gasteiger partial charge in [-0.15, -0.1) is 0 Å². The van der Waals surface area contributed by atoms with Gasteiger partial charge in [0.1, 0.15) is 12.1 Å². The lowest BCUT2D eigenvalue weighted by Gasteiger charge is -2.20. The number of carbonyl (C=O) groups excluding carboxylic acids is 1. The highest BCUT2D eigenvalue weighted by atomic mass is 16.5. The maximum Gasteiger partial charge on any atom is 0.307 e. The summed E-state index contributed by atoms with van der Waals surface area (Å²) < 4.78 is 10.3. The molecule has 0 saturated heterocycles. The summed E-state index contributed by atoms with van der Waals surface area (Å²) in [6.07, 6.45) is 1.80. The first-order valence-corrected chi connectivity index (χ1v) is 6.41. The molecule has 19 heavy (non-hydrogen) atoms. The molecule has 0 atom stereocenters. The molecule has 0 unspecified atom stereocenters. The zero-order chi connectivity index (χ0) is 14.3. The van der Waals surface area contributed by atoms with E-state index >= 15 is 0 Å². The highest BCUT2D eigenvalue weighted by molar-refractivity contribution is 5.70. The Labute approximate surface area is 113 Å². The molecular formula is C13H21N3O3. The second-order valence-corrected chi connectivity index (χ2v) is 4.04. The first kappa shape index (κ1) is 15.2. The van der Waals surface area contributed by atoms with Crippen molar-refractivity contribution < 1.29 is 14.3 Å². The molecule has 1 aromatic heterocycles. The van der Waals surface area contributed by atoms with Crippen LogP contribution in [0.5, 0.6) is 5.88 Å². The van der Waals surface area contributed by atoms with Crippen molar-refractivity contribution in [3.05, 3.63) is 11.9 Å². The summed E-state index contributed by atoms with van der Waals surface area (Å²) in [5.41, 5.74) is 0.871. The van der Waals surface area contributed by atoms with E-state index in [0.717, 1.165) is 11.4 Å². The van der Waals surface area contributed by atoms with Crippen molar-refractivity contribution in [2.75, 3.05) is 31.7 Å². The lowest BCUT2D eigenvalue weighted by Crippen LogP contribution is -2.24. The van der Waals surface area contributed by atoms with E-state index in [0.29, 0.717) is 32.1 Å². The Balaban J connectivity index is 2.68. The minimum atomic E-state index is -0.203. The number of aromatic nitrogens is 2. The maximum absolute atomic E-state index is 11.3. The second kappa shape index (κ2) is 7.56. The zero-order valence-electron chi connectivity index (χ0n) is 12.0. The molecule has 6 nitrogen and oxygen atoms in total. The molecule has 1 aromatic rings. The van der Waals surface area contributed by atoms with Crippen LogP contribution in [-0.2, 0) is 9.53 Å². The SMILES string of the molecule is CCOC(=O)CCN(C)c1ncnc(OCC)c1C. The quantitative estimate of drug-likeness (QED) is 0.699. The fourth-order valence-electron chi connectivity index (χ4n) is 1.69. The topological polar surface area (TPSA) is 64.5 Å². The van der Waals surface area contributed by atoms with E-state index in [4.69, 9.17) is 9.47 Å². The highest BCUT2D eigenvalue weighted by Gasteiger charge is 2.13. The van der Waals surface area contributed by atoms with Crippen LogP contribution in [0.25, 0.3) is 0 Å². The fourth-order valence-corrected chi connectivity index (χ4v) is 1.69. The highest BCUT2D eigenvalue weighted by Crippen LogP contribution is 2.22. The van der Waals surface area contributed by atoms with Crippen LogP contribution in [0.1, 0.15) is 25.8 Å². The van der Waals surface area contributed by atoms with Gasteiger partial charge in [0.2, 0.25) is 5.88 Å². The van der Waals surface area contributed by atoms with Crippen molar-refractivity contribution in [1.82, 2.24) is 9.97 Å². The predicted octanol–water partition coefficient (Wildman–Crippen LogP) is 1.57. The third kappa shape index (κ3) is 4.39. The van der Waals surface area contributed by atoms with Crippen LogP contribution >= 0.6 is 0 Å². The molecule has 0 aromatic carbocycles. The van der Waals surface area contributed by atoms with Crippen molar-refractivity contribution in [2.45, 2.75) is 27.2 Å². The summed E-state index contributed by atoms with van der Waals surface area (Å²) in [7, 11) is 1.88. The maximum atomic E-state index is 11.3. The Morgan fingerprint density at radius 2 is 2.05 bits per heavy atom. The molecule has 1 heterocycles. The monoisotopic (exact) mass is 267 g/mol. The number of ether oxygens (including phenoxy) is 2. The summed E-state index contributed by atoms with van der Waals surface area (Å²) in [6, 6.07) is 0. The van der Waals surface area contributed by atoms with Gasteiger partial charge in [-0.2, -0.15) is 0 Å². The zero-order valence-corrected chi connectivity index (χ0v) is 12.0. The summed E-state index contributed by atoms with van der Waals surface area (Å²) >= 11 is 0. The third-order valence-corrected chi connectivity index (χ3v) is 2.61. The van der Waals surface area contributed by atoms with Crippen molar-refractivity contribution in [1.29, 1.82) is 0 Å². The molecular weight excluding hydrogens is 246 g/mol. The predicted molar refractivity (Wildman–Crippen MR) is 72.5 cm³/mol. The van der Waals surface area contributed by atoms with E-state index in [1.54, 1.807) is 6.92 Å². The van der Waals surface area contributed by atoms with Gasteiger partial charge in [0.05, 0.1) is 25.2 Å². The minimum Gasteiger partial charge on any atom is -0.478 e. The van der Waals surface area contributed by atoms with E-state index in [-0.39, 0.29) is 5.97 Å². The van der Waals surface area contributed by atoms with Crippen molar-refractivity contribution in [3.8, 4) is 5.88 Å². The molecule has 0 aliphatic carbocycles. The summed E-state index contributed by atoms with van der Waals surface area (Å²) in [6.45, 7) is 7.12. The fraction of sp³-hybridized carbons (Fsp3) is 0.615. The molecule has 0 amide bonds. The molecule has 0 aliphatic heterocycles. The van der Waals surface area contributed by atoms with Gasteiger partial charge in [-0.1, -0.05) is 0 Å². The van der Waals surface area contributed by atoms with E-state index in [9.17, 15) is 4.79 Å². The second-order valence-electron chi connectivity index (χ2n) is 4.04. The average Bonchev–Trinajstić information content (AvgIpc) is 2.39. The Bertz CT molecular complexity index is 424. The van der Waals surface area contributed by atoms with E-state index in [1.807, 2.05) is 25.8 Å². The number of rotatable bonds is 7. The van der Waals surface area contributed by atoms with Crippen LogP contribution in [0.15, 0.2) is 6.33 Å². The molecule has 0 N–H and O–H groups in total. The molecule has 6 heteroatoms. The standard InChI is InChI=1S/C13H21N3O3/c1-5-18-11(17)7-8-16(4)12-10(3)13(19-6-2)15-9-14-12/h9H,5-8H2,1-4H3. The summed E-state index contributed by atoms with van der Waals surface area (Å²) in [5, 5.41) is 0. The lowest BCUT2D eigenvalue weighted by atomic mass is 10.3. The molecule has 106 valence electrons. The minimum absolute atomic E-state index is 0.203. The Morgan fingerprint density at radius 1 is 1.32 bits per heavy atom. The van der Waals surface area contributed by atoms with Gasteiger partial charge in [-0.05, 0) is 20.8 Å². The lowest BCUT2D eigenvalue weighted by molar-refractivity contribution is -0.142. The van der Waals surface area contributed by atoms with Crippen molar-refractivity contribution in [3.63, 3.8) is 0 Å². The Hall–Kier alpha value is -1.85. The van der Waals surface area contributed by atoms with Crippen LogP contribution < -0.4 is 9.64 Å². The largest absolute Gasteiger partial charge is 0.478 e. The van der Waals surface area contributed by atoms with Crippen molar-refractivity contribution >= 4 is 11.8 Å². The Morgan fingerprint density at radius 3 is 2.68 bits per heavy atom. The molecule has 0 saturated carbocycles. The van der Waals surface area contributed by atoms with Crippen LogP contribution in [-0.4, -0.2) is 42.7 Å². The van der Waals surface area contributed by atoms with Gasteiger partial charge in [-0.25, -0.2) is 9.97 Å². The molecule has 1 rings (SSSR count). The van der Waals surface area contributed by atoms with Gasteiger partial charge in [-0.3, -0.25) is 4.79 Å². The van der Waals surface area contributed by atoms with Gasteiger partial charge in [0.15, 0.2) is 0 Å². The molecule has 0 fully saturated rings. The third-order valence-electron chi connectivity index (χ3n) is 2.61. The number of carbonyl (C=O) groups is 1. The van der Waals surface area contributed by atoms with Crippen LogP contribution in [0.4, 0.5) is 5.82 Å². The number of anilines is 1. The van der Waals surface area contributed by atoms with Gasteiger partial charge in [0.25, 0.3) is 0 Å². The van der Waals surface area contributed by atoms with Gasteiger partial charge >= 0.3 is 5.97 Å². The van der Waals surface area contributed by atoms with Gasteiger partial charge < -0.3 is 14.4 Å². The molecule has 0 spiro atoms. The summed E-state index contributed by atoms with van der Waals surface area (Å²) in [5.74, 6) is 1.14. The van der Waals surface area contributed by atoms with Crippen LogP contribution in [0.3, 0.4) is 0 Å². The number of hydrogen-bond acceptors (Lipinski definition) is 6. The Kier molecular flexibility index (Phi) is 6.05. The number of nitrogens with zero attached hydrogens (tertiary/aromatic N) is 3.